The van der Waals surface area contributed by atoms with E-state index < -0.39 is 17.3 Å². The van der Waals surface area contributed by atoms with Gasteiger partial charge in [0, 0.05) is 12.7 Å². The summed E-state index contributed by atoms with van der Waals surface area (Å²) in [5.74, 6) is 0. The van der Waals surface area contributed by atoms with Crippen LogP contribution in [0.1, 0.15) is 35.2 Å². The molecule has 0 aliphatic carbocycles. The second-order valence-electron chi connectivity index (χ2n) is 7.66. The average molecular weight is 435 g/mol. The third-order valence-corrected chi connectivity index (χ3v) is 5.71. The quantitative estimate of drug-likeness (QED) is 0.406. The minimum Gasteiger partial charge on any atom is -0.368 e. The van der Waals surface area contributed by atoms with E-state index >= 15 is 0 Å². The second kappa shape index (κ2) is 8.00. The maximum atomic E-state index is 13.4. The first-order valence-electron chi connectivity index (χ1n) is 9.96. The van der Waals surface area contributed by atoms with E-state index in [4.69, 9.17) is 5.26 Å². The fraction of sp³-hybridized carbons (Fsp3) is 0.208. The van der Waals surface area contributed by atoms with Crippen LogP contribution in [0, 0.1) is 18.3 Å². The molecule has 8 heteroatoms. The number of hydrogen-bond donors (Lipinski definition) is 0. The highest BCUT2D eigenvalue weighted by atomic mass is 19.4. The van der Waals surface area contributed by atoms with Crippen molar-refractivity contribution >= 4 is 16.7 Å². The van der Waals surface area contributed by atoms with Gasteiger partial charge in [-0.3, -0.25) is 0 Å². The zero-order chi connectivity index (χ0) is 23.0. The Morgan fingerprint density at radius 3 is 2.53 bits per heavy atom. The summed E-state index contributed by atoms with van der Waals surface area (Å²) in [5.41, 5.74) is 3.45. The van der Waals surface area contributed by atoms with Crippen LogP contribution in [0.25, 0.3) is 16.7 Å². The molecular formula is C24H20F3N5. The highest BCUT2D eigenvalue weighted by Gasteiger charge is 2.34. The standard InChI is InChI=1S/C24H20F3N5/c1-15-8-9-17(12-23(15)32-22-7-5-4-6-21(22)29-30-32)16(2)31(3)19-11-10-18(14-28)20(13-19)24(25,26)27/h4-13,16H,1-3H3. The molecular weight excluding hydrogens is 415 g/mol. The van der Waals surface area contributed by atoms with Crippen LogP contribution in [0.15, 0.2) is 60.7 Å². The van der Waals surface area contributed by atoms with Crippen LogP contribution in [0.5, 0.6) is 0 Å². The normalized spacial score (nSPS) is 12.5. The van der Waals surface area contributed by atoms with Gasteiger partial charge in [-0.2, -0.15) is 18.4 Å². The number of benzene rings is 3. The molecule has 32 heavy (non-hydrogen) atoms. The molecule has 0 N–H and O–H groups in total. The molecule has 162 valence electrons. The molecule has 4 aromatic rings. The Balaban J connectivity index is 1.72. The zero-order valence-electron chi connectivity index (χ0n) is 17.7. The minimum atomic E-state index is -4.60. The maximum Gasteiger partial charge on any atom is 0.417 e. The Kier molecular flexibility index (Phi) is 5.35. The number of aromatic nitrogens is 3. The van der Waals surface area contributed by atoms with E-state index in [0.29, 0.717) is 5.69 Å². The molecule has 1 heterocycles. The van der Waals surface area contributed by atoms with Crippen molar-refractivity contribution in [2.75, 3.05) is 11.9 Å². The number of rotatable bonds is 4. The summed E-state index contributed by atoms with van der Waals surface area (Å²) in [6.45, 7) is 3.89. The van der Waals surface area contributed by atoms with Gasteiger partial charge in [-0.15, -0.1) is 5.10 Å². The highest BCUT2D eigenvalue weighted by molar-refractivity contribution is 5.76. The Hall–Kier alpha value is -3.86. The van der Waals surface area contributed by atoms with Gasteiger partial charge in [0.1, 0.15) is 5.52 Å². The predicted octanol–water partition coefficient (Wildman–Crippen LogP) is 5.82. The van der Waals surface area contributed by atoms with Gasteiger partial charge in [0.15, 0.2) is 0 Å². The van der Waals surface area contributed by atoms with Crippen LogP contribution < -0.4 is 4.90 Å². The Morgan fingerprint density at radius 1 is 1.06 bits per heavy atom. The summed E-state index contributed by atoms with van der Waals surface area (Å²) >= 11 is 0. The lowest BCUT2D eigenvalue weighted by atomic mass is 10.0. The molecule has 5 nitrogen and oxygen atoms in total. The fourth-order valence-electron chi connectivity index (χ4n) is 3.69. The van der Waals surface area contributed by atoms with Gasteiger partial charge in [-0.05, 0) is 61.4 Å². The Bertz CT molecular complexity index is 1330. The van der Waals surface area contributed by atoms with Crippen molar-refractivity contribution in [2.24, 2.45) is 0 Å². The van der Waals surface area contributed by atoms with Crippen molar-refractivity contribution in [1.29, 1.82) is 5.26 Å². The minimum absolute atomic E-state index is 0.238. The van der Waals surface area contributed by atoms with Crippen LogP contribution >= 0.6 is 0 Å². The van der Waals surface area contributed by atoms with Crippen molar-refractivity contribution in [3.63, 3.8) is 0 Å². The van der Waals surface area contributed by atoms with Crippen LogP contribution in [0.2, 0.25) is 0 Å². The largest absolute Gasteiger partial charge is 0.417 e. The van der Waals surface area contributed by atoms with Gasteiger partial charge in [0.25, 0.3) is 0 Å². The molecule has 4 rings (SSSR count). The molecule has 0 spiro atoms. The number of nitrogens with zero attached hydrogens (tertiary/aromatic N) is 5. The second-order valence-corrected chi connectivity index (χ2v) is 7.66. The fourth-order valence-corrected chi connectivity index (χ4v) is 3.69. The first kappa shape index (κ1) is 21.4. The highest BCUT2D eigenvalue weighted by Crippen LogP contribution is 2.36. The molecule has 0 fully saturated rings. The van der Waals surface area contributed by atoms with Gasteiger partial charge < -0.3 is 4.90 Å². The van der Waals surface area contributed by atoms with Crippen molar-refractivity contribution < 1.29 is 13.2 Å². The summed E-state index contributed by atoms with van der Waals surface area (Å²) in [4.78, 5) is 1.75. The number of fused-ring (bicyclic) bond motifs is 1. The first-order valence-corrected chi connectivity index (χ1v) is 9.96. The molecule has 0 radical (unpaired) electrons. The SMILES string of the molecule is Cc1ccc(C(C)N(C)c2ccc(C#N)c(C(F)(F)F)c2)cc1-n1nnc2ccccc21. The molecule has 0 bridgehead atoms. The van der Waals surface area contributed by atoms with Crippen molar-refractivity contribution in [2.45, 2.75) is 26.1 Å². The molecule has 0 amide bonds. The third-order valence-electron chi connectivity index (χ3n) is 5.71. The lowest BCUT2D eigenvalue weighted by Crippen LogP contribution is -2.22. The molecule has 1 aromatic heterocycles. The van der Waals surface area contributed by atoms with Crippen LogP contribution in [0.3, 0.4) is 0 Å². The molecule has 0 saturated carbocycles. The Morgan fingerprint density at radius 2 is 1.81 bits per heavy atom. The molecule has 0 saturated heterocycles. The third kappa shape index (κ3) is 3.78. The maximum absolute atomic E-state index is 13.4. The number of anilines is 1. The lowest BCUT2D eigenvalue weighted by Gasteiger charge is -2.29. The first-order chi connectivity index (χ1) is 15.2. The van der Waals surface area contributed by atoms with Crippen molar-refractivity contribution in [3.8, 4) is 11.8 Å². The van der Waals surface area contributed by atoms with Gasteiger partial charge in [-0.1, -0.05) is 29.5 Å². The van der Waals surface area contributed by atoms with E-state index in [1.807, 2.05) is 56.3 Å². The van der Waals surface area contributed by atoms with Gasteiger partial charge in [0.2, 0.25) is 0 Å². The summed E-state index contributed by atoms with van der Waals surface area (Å²) < 4.78 is 42.0. The van der Waals surface area contributed by atoms with Crippen LogP contribution in [-0.4, -0.2) is 22.0 Å². The number of alkyl halides is 3. The molecule has 1 unspecified atom stereocenters. The van der Waals surface area contributed by atoms with Gasteiger partial charge in [0.05, 0.1) is 34.4 Å². The number of aryl methyl sites for hydroxylation is 1. The van der Waals surface area contributed by atoms with Crippen LogP contribution in [-0.2, 0) is 6.18 Å². The Labute approximate surface area is 183 Å². The molecule has 3 aromatic carbocycles. The van der Waals surface area contributed by atoms with E-state index in [0.717, 1.165) is 33.9 Å². The number of halogens is 3. The van der Waals surface area contributed by atoms with Crippen molar-refractivity contribution in [1.82, 2.24) is 15.0 Å². The average Bonchev–Trinajstić information content (AvgIpc) is 3.21. The van der Waals surface area contributed by atoms with E-state index in [-0.39, 0.29) is 6.04 Å². The number of hydrogen-bond acceptors (Lipinski definition) is 4. The van der Waals surface area contributed by atoms with Gasteiger partial charge in [-0.25, -0.2) is 4.68 Å². The summed E-state index contributed by atoms with van der Waals surface area (Å²) in [5, 5.41) is 17.5. The van der Waals surface area contributed by atoms with E-state index in [2.05, 4.69) is 10.3 Å². The monoisotopic (exact) mass is 435 g/mol. The topological polar surface area (TPSA) is 57.7 Å². The summed E-state index contributed by atoms with van der Waals surface area (Å²) in [6, 6.07) is 18.7. The van der Waals surface area contributed by atoms with Gasteiger partial charge >= 0.3 is 6.18 Å². The zero-order valence-corrected chi connectivity index (χ0v) is 17.7. The summed E-state index contributed by atoms with van der Waals surface area (Å²) in [7, 11) is 1.73. The molecule has 0 aliphatic heterocycles. The van der Waals surface area contributed by atoms with E-state index in [1.165, 1.54) is 12.1 Å². The van der Waals surface area contributed by atoms with Crippen molar-refractivity contribution in [3.05, 3.63) is 82.9 Å². The number of nitriles is 1. The van der Waals surface area contributed by atoms with E-state index in [1.54, 1.807) is 22.7 Å². The van der Waals surface area contributed by atoms with Crippen LogP contribution in [0.4, 0.5) is 18.9 Å². The number of para-hydroxylation sites is 1. The smallest absolute Gasteiger partial charge is 0.368 e. The van der Waals surface area contributed by atoms with E-state index in [9.17, 15) is 13.2 Å². The molecule has 0 aliphatic rings. The summed E-state index contributed by atoms with van der Waals surface area (Å²) in [6.07, 6.45) is -4.60. The molecule has 1 atom stereocenters. The lowest BCUT2D eigenvalue weighted by molar-refractivity contribution is -0.137. The predicted molar refractivity (Wildman–Crippen MR) is 117 cm³/mol.